The fraction of sp³-hybridized carbons (Fsp3) is 0.238. The average molecular weight is 395 g/mol. The van der Waals surface area contributed by atoms with Crippen LogP contribution in [0.15, 0.2) is 53.3 Å². The molecule has 1 atom stereocenters. The number of nitrogens with one attached hydrogen (secondary N) is 2. The molecule has 0 saturated heterocycles. The van der Waals surface area contributed by atoms with Crippen molar-refractivity contribution in [1.29, 1.82) is 0 Å². The van der Waals surface area contributed by atoms with Crippen molar-refractivity contribution in [3.8, 4) is 5.75 Å². The van der Waals surface area contributed by atoms with Crippen LogP contribution in [0.5, 0.6) is 5.75 Å². The molecule has 3 aromatic rings. The Labute approximate surface area is 166 Å². The zero-order valence-corrected chi connectivity index (χ0v) is 16.1. The molecule has 0 spiro atoms. The molecule has 3 rings (SSSR count). The summed E-state index contributed by atoms with van der Waals surface area (Å²) < 4.78 is 10.3. The van der Waals surface area contributed by atoms with E-state index in [9.17, 15) is 14.4 Å². The largest absolute Gasteiger partial charge is 0.497 e. The van der Waals surface area contributed by atoms with E-state index in [1.54, 1.807) is 48.5 Å². The molecule has 8 nitrogen and oxygen atoms in total. The first-order chi connectivity index (χ1) is 14.0. The highest BCUT2D eigenvalue weighted by Crippen LogP contribution is 2.17. The van der Waals surface area contributed by atoms with Gasteiger partial charge in [0.25, 0.3) is 11.5 Å². The second-order valence-electron chi connectivity index (χ2n) is 6.38. The van der Waals surface area contributed by atoms with Crippen LogP contribution >= 0.6 is 0 Å². The lowest BCUT2D eigenvalue weighted by molar-refractivity contribution is -0.153. The van der Waals surface area contributed by atoms with Crippen molar-refractivity contribution < 1.29 is 19.1 Å². The molecule has 150 valence electrons. The van der Waals surface area contributed by atoms with Crippen molar-refractivity contribution in [1.82, 2.24) is 9.97 Å². The first-order valence-corrected chi connectivity index (χ1v) is 9.08. The fourth-order valence-corrected chi connectivity index (χ4v) is 2.73. The van der Waals surface area contributed by atoms with E-state index < -0.39 is 18.0 Å². The normalized spacial score (nSPS) is 11.7. The zero-order valence-electron chi connectivity index (χ0n) is 16.1. The van der Waals surface area contributed by atoms with Crippen LogP contribution in [0.2, 0.25) is 0 Å². The number of nitrogens with zero attached hydrogens (tertiary/aromatic N) is 1. The van der Waals surface area contributed by atoms with Gasteiger partial charge in [-0.3, -0.25) is 14.4 Å². The monoisotopic (exact) mass is 395 g/mol. The fourth-order valence-electron chi connectivity index (χ4n) is 2.73. The molecule has 2 aromatic carbocycles. The molecule has 0 aliphatic carbocycles. The molecular weight excluding hydrogens is 374 g/mol. The van der Waals surface area contributed by atoms with Crippen LogP contribution in [0.1, 0.15) is 19.2 Å². The van der Waals surface area contributed by atoms with Crippen LogP contribution in [0.4, 0.5) is 5.69 Å². The summed E-state index contributed by atoms with van der Waals surface area (Å²) in [5.74, 6) is -0.0265. The highest BCUT2D eigenvalue weighted by molar-refractivity contribution is 5.95. The molecule has 0 aliphatic rings. The van der Waals surface area contributed by atoms with E-state index in [2.05, 4.69) is 15.3 Å². The summed E-state index contributed by atoms with van der Waals surface area (Å²) in [6.07, 6.45) is -0.793. The first kappa shape index (κ1) is 20.1. The molecule has 0 aliphatic heterocycles. The highest BCUT2D eigenvalue weighted by Gasteiger charge is 2.18. The predicted octanol–water partition coefficient (Wildman–Crippen LogP) is 2.43. The van der Waals surface area contributed by atoms with E-state index in [1.165, 1.54) is 14.0 Å². The summed E-state index contributed by atoms with van der Waals surface area (Å²) in [4.78, 5) is 43.4. The van der Waals surface area contributed by atoms with Crippen LogP contribution in [-0.4, -0.2) is 35.1 Å². The summed E-state index contributed by atoms with van der Waals surface area (Å²) in [6.45, 7) is 1.49. The molecule has 1 amide bonds. The van der Waals surface area contributed by atoms with Gasteiger partial charge in [-0.1, -0.05) is 18.2 Å². The van der Waals surface area contributed by atoms with Gasteiger partial charge in [0.2, 0.25) is 0 Å². The molecule has 0 unspecified atom stereocenters. The Bertz CT molecular complexity index is 1090. The van der Waals surface area contributed by atoms with Gasteiger partial charge in [-0.2, -0.15) is 0 Å². The third-order valence-electron chi connectivity index (χ3n) is 4.24. The second-order valence-corrected chi connectivity index (χ2v) is 6.38. The van der Waals surface area contributed by atoms with Gasteiger partial charge in [-0.05, 0) is 31.2 Å². The van der Waals surface area contributed by atoms with Gasteiger partial charge in [0.1, 0.15) is 11.6 Å². The zero-order chi connectivity index (χ0) is 20.8. The Balaban J connectivity index is 1.54. The van der Waals surface area contributed by atoms with E-state index in [4.69, 9.17) is 9.47 Å². The number of methoxy groups -OCH3 is 1. The minimum atomic E-state index is -0.975. The lowest BCUT2D eigenvalue weighted by Gasteiger charge is -2.14. The van der Waals surface area contributed by atoms with Crippen molar-refractivity contribution in [2.45, 2.75) is 25.9 Å². The maximum Gasteiger partial charge on any atom is 0.307 e. The van der Waals surface area contributed by atoms with Gasteiger partial charge in [0.15, 0.2) is 6.10 Å². The number of H-pyrrole nitrogens is 1. The molecule has 2 N–H and O–H groups in total. The number of carbonyl (C=O) groups is 2. The van der Waals surface area contributed by atoms with Gasteiger partial charge < -0.3 is 19.8 Å². The molecule has 0 fully saturated rings. The summed E-state index contributed by atoms with van der Waals surface area (Å²) in [6, 6.07) is 13.8. The molecule has 1 heterocycles. The molecule has 8 heteroatoms. The molecule has 0 radical (unpaired) electrons. The second kappa shape index (κ2) is 9.01. The van der Waals surface area contributed by atoms with Gasteiger partial charge in [-0.25, -0.2) is 4.98 Å². The molecular formula is C21H21N3O5. The average Bonchev–Trinajstić information content (AvgIpc) is 2.72. The number of aromatic nitrogens is 2. The van der Waals surface area contributed by atoms with Crippen molar-refractivity contribution in [3.05, 3.63) is 64.7 Å². The summed E-state index contributed by atoms with van der Waals surface area (Å²) in [7, 11) is 1.53. The number of hydrogen-bond donors (Lipinski definition) is 2. The van der Waals surface area contributed by atoms with Crippen LogP contribution in [0, 0.1) is 0 Å². The third-order valence-corrected chi connectivity index (χ3v) is 4.24. The van der Waals surface area contributed by atoms with Gasteiger partial charge in [-0.15, -0.1) is 0 Å². The first-order valence-electron chi connectivity index (χ1n) is 9.08. The van der Waals surface area contributed by atoms with Crippen molar-refractivity contribution in [3.63, 3.8) is 0 Å². The van der Waals surface area contributed by atoms with E-state index in [0.717, 1.165) is 0 Å². The number of rotatable bonds is 7. The number of para-hydroxylation sites is 1. The Morgan fingerprint density at radius 2 is 1.97 bits per heavy atom. The number of fused-ring (bicyclic) bond motifs is 1. The lowest BCUT2D eigenvalue weighted by atomic mass is 10.2. The molecule has 0 saturated carbocycles. The highest BCUT2D eigenvalue weighted by atomic mass is 16.5. The predicted molar refractivity (Wildman–Crippen MR) is 108 cm³/mol. The van der Waals surface area contributed by atoms with Crippen molar-refractivity contribution >= 4 is 28.5 Å². The van der Waals surface area contributed by atoms with Crippen molar-refractivity contribution in [2.24, 2.45) is 0 Å². The minimum Gasteiger partial charge on any atom is -0.497 e. The number of carbonyl (C=O) groups excluding carboxylic acids is 2. The lowest BCUT2D eigenvalue weighted by Crippen LogP contribution is -2.30. The smallest absolute Gasteiger partial charge is 0.307 e. The Kier molecular flexibility index (Phi) is 6.23. The minimum absolute atomic E-state index is 0.0158. The topological polar surface area (TPSA) is 110 Å². The van der Waals surface area contributed by atoms with Gasteiger partial charge in [0, 0.05) is 18.2 Å². The third kappa shape index (κ3) is 5.19. The van der Waals surface area contributed by atoms with Gasteiger partial charge in [0.05, 0.1) is 24.4 Å². The quantitative estimate of drug-likeness (QED) is 0.595. The van der Waals surface area contributed by atoms with E-state index in [0.29, 0.717) is 28.2 Å². The van der Waals surface area contributed by atoms with Crippen molar-refractivity contribution in [2.75, 3.05) is 12.4 Å². The summed E-state index contributed by atoms with van der Waals surface area (Å²) >= 11 is 0. The summed E-state index contributed by atoms with van der Waals surface area (Å²) in [5.41, 5.74) is 0.839. The van der Waals surface area contributed by atoms with E-state index in [1.807, 2.05) is 0 Å². The van der Waals surface area contributed by atoms with Gasteiger partial charge >= 0.3 is 5.97 Å². The Morgan fingerprint density at radius 1 is 1.17 bits per heavy atom. The number of esters is 1. The van der Waals surface area contributed by atoms with E-state index >= 15 is 0 Å². The standard InChI is InChI=1S/C21H21N3O5/c1-13(20(26)22-14-6-5-7-15(12-14)28-2)29-19(25)11-10-18-23-17-9-4-3-8-16(17)21(27)24-18/h3-9,12-13H,10-11H2,1-2H3,(H,22,26)(H,23,24,27)/t13-/m0/s1. The van der Waals surface area contributed by atoms with Crippen LogP contribution in [0.25, 0.3) is 10.9 Å². The number of anilines is 1. The van der Waals surface area contributed by atoms with Crippen LogP contribution in [0.3, 0.4) is 0 Å². The van der Waals surface area contributed by atoms with Crippen LogP contribution in [-0.2, 0) is 20.7 Å². The number of aryl methyl sites for hydroxylation is 1. The van der Waals surface area contributed by atoms with E-state index in [-0.39, 0.29) is 18.4 Å². The molecule has 29 heavy (non-hydrogen) atoms. The molecule has 1 aromatic heterocycles. The maximum absolute atomic E-state index is 12.2. The maximum atomic E-state index is 12.2. The summed E-state index contributed by atoms with van der Waals surface area (Å²) in [5, 5.41) is 3.15. The SMILES string of the molecule is COc1cccc(NC(=O)[C@H](C)OC(=O)CCc2nc3ccccc3c(=O)[nH]2)c1. The number of ether oxygens (including phenoxy) is 2. The number of benzene rings is 2. The number of amides is 1. The van der Waals surface area contributed by atoms with Crippen LogP contribution < -0.4 is 15.6 Å². The molecule has 0 bridgehead atoms. The number of aromatic amines is 1. The Hall–Kier alpha value is -3.68. The Morgan fingerprint density at radius 3 is 2.76 bits per heavy atom. The number of hydrogen-bond acceptors (Lipinski definition) is 6.